The van der Waals surface area contributed by atoms with Gasteiger partial charge < -0.3 is 14.6 Å². The van der Waals surface area contributed by atoms with Gasteiger partial charge in [-0.2, -0.15) is 0 Å². The molecule has 2 aromatic carbocycles. The van der Waals surface area contributed by atoms with E-state index in [4.69, 9.17) is 21.1 Å². The average molecular weight is 311 g/mol. The molecular weight excluding hydrogens is 295 g/mol. The van der Waals surface area contributed by atoms with Crippen molar-refractivity contribution in [3.05, 3.63) is 58.4 Å². The van der Waals surface area contributed by atoms with Crippen molar-refractivity contribution in [1.29, 1.82) is 0 Å². The van der Waals surface area contributed by atoms with Crippen molar-refractivity contribution >= 4 is 11.6 Å². The van der Waals surface area contributed by atoms with E-state index in [-0.39, 0.29) is 11.6 Å². The summed E-state index contributed by atoms with van der Waals surface area (Å²) in [5.74, 6) is 0.683. The monoisotopic (exact) mass is 310 g/mol. The van der Waals surface area contributed by atoms with Gasteiger partial charge in [0.25, 0.3) is 0 Å². The third-order valence-electron chi connectivity index (χ3n) is 3.05. The molecular formula is C16H16ClFO3. The first kappa shape index (κ1) is 15.6. The van der Waals surface area contributed by atoms with E-state index >= 15 is 0 Å². The molecule has 0 radical (unpaired) electrons. The maximum Gasteiger partial charge on any atom is 0.141 e. The first-order valence-electron chi connectivity index (χ1n) is 6.44. The third kappa shape index (κ3) is 3.86. The molecule has 3 nitrogen and oxygen atoms in total. The highest BCUT2D eigenvalue weighted by atomic mass is 35.5. The van der Waals surface area contributed by atoms with Gasteiger partial charge in [-0.1, -0.05) is 17.7 Å². The fourth-order valence-corrected chi connectivity index (χ4v) is 2.11. The first-order chi connectivity index (χ1) is 10.0. The molecule has 5 heteroatoms. The van der Waals surface area contributed by atoms with Gasteiger partial charge in [0.15, 0.2) is 0 Å². The van der Waals surface area contributed by atoms with Gasteiger partial charge in [-0.15, -0.1) is 0 Å². The number of halogens is 2. The van der Waals surface area contributed by atoms with Crippen LogP contribution in [0, 0.1) is 5.82 Å². The number of ether oxygens (including phenoxy) is 2. The third-order valence-corrected chi connectivity index (χ3v) is 3.34. The Morgan fingerprint density at radius 2 is 2.00 bits per heavy atom. The van der Waals surface area contributed by atoms with E-state index < -0.39 is 11.9 Å². The lowest BCUT2D eigenvalue weighted by Gasteiger charge is -2.15. The molecule has 2 rings (SSSR count). The van der Waals surface area contributed by atoms with Crippen molar-refractivity contribution in [3.63, 3.8) is 0 Å². The summed E-state index contributed by atoms with van der Waals surface area (Å²) in [4.78, 5) is 0. The maximum absolute atomic E-state index is 13.1. The van der Waals surface area contributed by atoms with E-state index in [1.807, 2.05) is 0 Å². The second-order valence-electron chi connectivity index (χ2n) is 4.62. The minimum absolute atomic E-state index is 0.0532. The summed E-state index contributed by atoms with van der Waals surface area (Å²) in [5, 5.41) is 9.81. The zero-order chi connectivity index (χ0) is 15.4. The predicted molar refractivity (Wildman–Crippen MR) is 79.4 cm³/mol. The summed E-state index contributed by atoms with van der Waals surface area (Å²) in [6.45, 7) is 1.87. The van der Waals surface area contributed by atoms with Gasteiger partial charge in [0.05, 0.1) is 18.2 Å². The van der Waals surface area contributed by atoms with E-state index in [2.05, 4.69) is 0 Å². The summed E-state index contributed by atoms with van der Waals surface area (Å²) in [6, 6.07) is 9.61. The van der Waals surface area contributed by atoms with Crippen LogP contribution in [0.15, 0.2) is 36.4 Å². The molecule has 0 unspecified atom stereocenters. The lowest BCUT2D eigenvalue weighted by Crippen LogP contribution is -2.02. The highest BCUT2D eigenvalue weighted by Crippen LogP contribution is 2.30. The van der Waals surface area contributed by atoms with Gasteiger partial charge in [-0.05, 0) is 36.8 Å². The quantitative estimate of drug-likeness (QED) is 0.903. The van der Waals surface area contributed by atoms with E-state index in [0.29, 0.717) is 17.1 Å². The van der Waals surface area contributed by atoms with Crippen LogP contribution in [0.25, 0.3) is 0 Å². The number of hydrogen-bond donors (Lipinski definition) is 1. The van der Waals surface area contributed by atoms with E-state index in [0.717, 1.165) is 5.56 Å². The smallest absolute Gasteiger partial charge is 0.141 e. The predicted octanol–water partition coefficient (Wildman–Crippen LogP) is 4.12. The van der Waals surface area contributed by atoms with Gasteiger partial charge in [0.1, 0.15) is 23.9 Å². The van der Waals surface area contributed by atoms with Crippen LogP contribution < -0.4 is 9.47 Å². The molecule has 0 aliphatic rings. The number of hydrogen-bond acceptors (Lipinski definition) is 3. The second-order valence-corrected chi connectivity index (χ2v) is 5.02. The Hall–Kier alpha value is -1.78. The highest BCUT2D eigenvalue weighted by Gasteiger charge is 2.11. The van der Waals surface area contributed by atoms with Crippen LogP contribution in [0.2, 0.25) is 5.02 Å². The van der Waals surface area contributed by atoms with Crippen LogP contribution >= 0.6 is 11.6 Å². The molecule has 112 valence electrons. The molecule has 0 fully saturated rings. The van der Waals surface area contributed by atoms with Crippen LogP contribution in [0.5, 0.6) is 11.5 Å². The Morgan fingerprint density at radius 3 is 2.62 bits per heavy atom. The minimum Gasteiger partial charge on any atom is -0.497 e. The fourth-order valence-electron chi connectivity index (χ4n) is 1.90. The Balaban J connectivity index is 2.19. The van der Waals surface area contributed by atoms with Gasteiger partial charge >= 0.3 is 0 Å². The summed E-state index contributed by atoms with van der Waals surface area (Å²) in [7, 11) is 1.56. The Labute approximate surface area is 127 Å². The molecule has 0 bridgehead atoms. The van der Waals surface area contributed by atoms with Crippen LogP contribution in [-0.2, 0) is 6.61 Å². The zero-order valence-corrected chi connectivity index (χ0v) is 12.5. The van der Waals surface area contributed by atoms with E-state index in [1.165, 1.54) is 12.1 Å². The van der Waals surface area contributed by atoms with Crippen LogP contribution in [0.4, 0.5) is 4.39 Å². The normalized spacial score (nSPS) is 12.0. The number of methoxy groups -OCH3 is 1. The van der Waals surface area contributed by atoms with Gasteiger partial charge in [0.2, 0.25) is 0 Å². The maximum atomic E-state index is 13.1. The number of rotatable bonds is 5. The number of aliphatic hydroxyl groups excluding tert-OH is 1. The van der Waals surface area contributed by atoms with Crippen molar-refractivity contribution in [2.45, 2.75) is 19.6 Å². The summed E-state index contributed by atoms with van der Waals surface area (Å²) in [6.07, 6.45) is -0.664. The van der Waals surface area contributed by atoms with Gasteiger partial charge in [0, 0.05) is 11.6 Å². The van der Waals surface area contributed by atoms with E-state index in [1.54, 1.807) is 38.3 Å². The molecule has 1 N–H and O–H groups in total. The molecule has 1 atom stereocenters. The molecule has 0 saturated heterocycles. The first-order valence-corrected chi connectivity index (χ1v) is 6.81. The van der Waals surface area contributed by atoms with Crippen LogP contribution in [0.3, 0.4) is 0 Å². The second kappa shape index (κ2) is 6.78. The zero-order valence-electron chi connectivity index (χ0n) is 11.8. The van der Waals surface area contributed by atoms with Crippen LogP contribution in [-0.4, -0.2) is 12.2 Å². The molecule has 0 spiro atoms. The largest absolute Gasteiger partial charge is 0.497 e. The number of benzene rings is 2. The topological polar surface area (TPSA) is 38.7 Å². The Kier molecular flexibility index (Phi) is 5.04. The highest BCUT2D eigenvalue weighted by molar-refractivity contribution is 6.30. The molecule has 0 aromatic heterocycles. The fraction of sp³-hybridized carbons (Fsp3) is 0.250. The molecule has 0 amide bonds. The lowest BCUT2D eigenvalue weighted by molar-refractivity contribution is 0.190. The standard InChI is InChI=1S/C16H16ClFO3/c1-10(19)13-5-4-12(20-2)8-16(13)21-9-11-3-6-15(18)14(17)7-11/h3-8,10,19H,9H2,1-2H3/t10-/m0/s1. The summed E-state index contributed by atoms with van der Waals surface area (Å²) < 4.78 is 24.0. The Bertz CT molecular complexity index is 629. The molecule has 21 heavy (non-hydrogen) atoms. The molecule has 0 aliphatic heterocycles. The number of aliphatic hydroxyl groups is 1. The van der Waals surface area contributed by atoms with Crippen molar-refractivity contribution in [2.24, 2.45) is 0 Å². The van der Waals surface area contributed by atoms with Gasteiger partial charge in [-0.25, -0.2) is 4.39 Å². The summed E-state index contributed by atoms with van der Waals surface area (Å²) in [5.41, 5.74) is 1.39. The van der Waals surface area contributed by atoms with Crippen molar-refractivity contribution in [1.82, 2.24) is 0 Å². The SMILES string of the molecule is COc1ccc([C@H](C)O)c(OCc2ccc(F)c(Cl)c2)c1. The molecule has 0 aliphatic carbocycles. The Morgan fingerprint density at radius 1 is 1.24 bits per heavy atom. The van der Waals surface area contributed by atoms with Crippen molar-refractivity contribution in [2.75, 3.05) is 7.11 Å². The molecule has 0 saturated carbocycles. The van der Waals surface area contributed by atoms with E-state index in [9.17, 15) is 9.50 Å². The minimum atomic E-state index is -0.664. The van der Waals surface area contributed by atoms with Crippen molar-refractivity contribution in [3.8, 4) is 11.5 Å². The lowest BCUT2D eigenvalue weighted by atomic mass is 10.1. The molecule has 2 aromatic rings. The van der Waals surface area contributed by atoms with Gasteiger partial charge in [-0.3, -0.25) is 0 Å². The summed E-state index contributed by atoms with van der Waals surface area (Å²) >= 11 is 5.73. The average Bonchev–Trinajstić information content (AvgIpc) is 2.48. The molecule has 0 heterocycles. The van der Waals surface area contributed by atoms with Crippen molar-refractivity contribution < 1.29 is 19.0 Å². The van der Waals surface area contributed by atoms with Crippen LogP contribution in [0.1, 0.15) is 24.2 Å².